The van der Waals surface area contributed by atoms with Gasteiger partial charge in [0.2, 0.25) is 5.91 Å². The Labute approximate surface area is 364 Å². The third kappa shape index (κ3) is 45.9. The van der Waals surface area contributed by atoms with E-state index in [1.165, 1.54) is 250 Å². The summed E-state index contributed by atoms with van der Waals surface area (Å²) < 4.78 is 0. The minimum absolute atomic E-state index is 0.0597. The Kier molecular flexibility index (Phi) is 49.2. The molecule has 0 saturated carbocycles. The maximum Gasteiger partial charge on any atom is 0.220 e. The average molecular weight is 816 g/mol. The highest BCUT2D eigenvalue weighted by molar-refractivity contribution is 5.76. The molecule has 0 aromatic carbocycles. The zero-order valence-corrected chi connectivity index (χ0v) is 39.6. The normalized spacial score (nSPS) is 13.0. The van der Waals surface area contributed by atoms with Crippen LogP contribution in [0.15, 0.2) is 24.3 Å². The first-order valence-electron chi connectivity index (χ1n) is 26.6. The van der Waals surface area contributed by atoms with Crippen molar-refractivity contribution in [2.24, 2.45) is 0 Å². The van der Waals surface area contributed by atoms with Crippen molar-refractivity contribution in [2.75, 3.05) is 6.61 Å². The maximum atomic E-state index is 12.4. The van der Waals surface area contributed by atoms with Gasteiger partial charge in [-0.3, -0.25) is 4.79 Å². The number of aliphatic hydroxyl groups excluding tert-OH is 2. The Balaban J connectivity index is 3.44. The van der Waals surface area contributed by atoms with Gasteiger partial charge in [0.05, 0.1) is 18.8 Å². The average Bonchev–Trinajstić information content (AvgIpc) is 3.23. The molecule has 344 valence electrons. The van der Waals surface area contributed by atoms with Crippen LogP contribution in [0.2, 0.25) is 0 Å². The summed E-state index contributed by atoms with van der Waals surface area (Å²) in [6, 6.07) is -0.619. The van der Waals surface area contributed by atoms with Gasteiger partial charge < -0.3 is 15.5 Å². The molecule has 58 heavy (non-hydrogen) atoms. The molecule has 0 radical (unpaired) electrons. The molecule has 0 heterocycles. The van der Waals surface area contributed by atoms with Crippen molar-refractivity contribution in [1.29, 1.82) is 0 Å². The maximum absolute atomic E-state index is 12.4. The molecule has 0 aromatic rings. The van der Waals surface area contributed by atoms with Crippen LogP contribution in [0, 0.1) is 0 Å². The van der Waals surface area contributed by atoms with Gasteiger partial charge in [0.1, 0.15) is 0 Å². The van der Waals surface area contributed by atoms with Gasteiger partial charge >= 0.3 is 0 Å². The quantitative estimate of drug-likeness (QED) is 0.0423. The van der Waals surface area contributed by atoms with Gasteiger partial charge in [-0.05, 0) is 44.9 Å². The van der Waals surface area contributed by atoms with Crippen molar-refractivity contribution in [1.82, 2.24) is 5.32 Å². The summed E-state index contributed by atoms with van der Waals surface area (Å²) in [5.74, 6) is -0.0597. The van der Waals surface area contributed by atoms with E-state index in [4.69, 9.17) is 0 Å². The highest BCUT2D eigenvalue weighted by Gasteiger charge is 2.18. The van der Waals surface area contributed by atoms with Crippen molar-refractivity contribution in [3.05, 3.63) is 24.3 Å². The summed E-state index contributed by atoms with van der Waals surface area (Å²) in [6.45, 7) is 4.33. The summed E-state index contributed by atoms with van der Waals surface area (Å²) in [4.78, 5) is 12.4. The fraction of sp³-hybridized carbons (Fsp3) is 0.907. The topological polar surface area (TPSA) is 69.6 Å². The lowest BCUT2D eigenvalue weighted by atomic mass is 10.0. The highest BCUT2D eigenvalue weighted by atomic mass is 16.3. The molecule has 4 heteroatoms. The van der Waals surface area contributed by atoms with Crippen LogP contribution in [0.5, 0.6) is 0 Å². The third-order valence-corrected chi connectivity index (χ3v) is 12.4. The van der Waals surface area contributed by atoms with E-state index in [-0.39, 0.29) is 12.5 Å². The van der Waals surface area contributed by atoms with Crippen molar-refractivity contribution in [3.8, 4) is 0 Å². The lowest BCUT2D eigenvalue weighted by Crippen LogP contribution is -2.45. The number of allylic oxidation sites excluding steroid dienone is 3. The minimum Gasteiger partial charge on any atom is -0.394 e. The summed E-state index contributed by atoms with van der Waals surface area (Å²) in [6.07, 6.45) is 66.2. The van der Waals surface area contributed by atoms with Crippen LogP contribution in [0.1, 0.15) is 296 Å². The summed E-state index contributed by atoms with van der Waals surface area (Å²) >= 11 is 0. The molecule has 2 atom stereocenters. The first-order chi connectivity index (χ1) is 28.7. The van der Waals surface area contributed by atoms with Crippen LogP contribution < -0.4 is 5.32 Å². The van der Waals surface area contributed by atoms with Gasteiger partial charge in [-0.1, -0.05) is 269 Å². The van der Waals surface area contributed by atoms with Crippen LogP contribution in [0.25, 0.3) is 0 Å². The Morgan fingerprint density at radius 3 is 0.948 bits per heavy atom. The van der Waals surface area contributed by atoms with Crippen LogP contribution >= 0.6 is 0 Å². The zero-order valence-electron chi connectivity index (χ0n) is 39.6. The summed E-state index contributed by atoms with van der Waals surface area (Å²) in [7, 11) is 0. The van der Waals surface area contributed by atoms with E-state index in [2.05, 4.69) is 31.3 Å². The van der Waals surface area contributed by atoms with Crippen molar-refractivity contribution < 1.29 is 15.0 Å². The van der Waals surface area contributed by atoms with Crippen molar-refractivity contribution in [2.45, 2.75) is 309 Å². The second-order valence-corrected chi connectivity index (χ2v) is 18.3. The van der Waals surface area contributed by atoms with E-state index in [1.807, 2.05) is 6.08 Å². The Morgan fingerprint density at radius 1 is 0.397 bits per heavy atom. The number of carbonyl (C=O) groups is 1. The van der Waals surface area contributed by atoms with Gasteiger partial charge in [0.25, 0.3) is 0 Å². The number of aliphatic hydroxyl groups is 2. The number of unbranched alkanes of at least 4 members (excludes halogenated alkanes) is 40. The predicted octanol–water partition coefficient (Wildman–Crippen LogP) is 17.1. The molecule has 0 aliphatic carbocycles. The molecular weight excluding hydrogens is 711 g/mol. The van der Waals surface area contributed by atoms with E-state index in [9.17, 15) is 15.0 Å². The molecule has 3 N–H and O–H groups in total. The second-order valence-electron chi connectivity index (χ2n) is 18.3. The van der Waals surface area contributed by atoms with Gasteiger partial charge in [-0.25, -0.2) is 0 Å². The van der Waals surface area contributed by atoms with Gasteiger partial charge in [0.15, 0.2) is 0 Å². The molecule has 1 amide bonds. The summed E-state index contributed by atoms with van der Waals surface area (Å²) in [5.41, 5.74) is 0. The highest BCUT2D eigenvalue weighted by Crippen LogP contribution is 2.17. The largest absolute Gasteiger partial charge is 0.394 e. The van der Waals surface area contributed by atoms with Gasteiger partial charge in [-0.2, -0.15) is 0 Å². The van der Waals surface area contributed by atoms with E-state index < -0.39 is 12.1 Å². The zero-order chi connectivity index (χ0) is 42.1. The van der Waals surface area contributed by atoms with E-state index in [1.54, 1.807) is 6.08 Å². The van der Waals surface area contributed by atoms with Crippen LogP contribution in [-0.4, -0.2) is 34.9 Å². The molecule has 0 fully saturated rings. The van der Waals surface area contributed by atoms with Crippen LogP contribution in [-0.2, 0) is 4.79 Å². The molecule has 0 aromatic heterocycles. The molecule has 0 spiro atoms. The number of rotatable bonds is 49. The molecule has 0 aliphatic heterocycles. The molecule has 0 aliphatic rings. The lowest BCUT2D eigenvalue weighted by Gasteiger charge is -2.20. The fourth-order valence-corrected chi connectivity index (χ4v) is 8.35. The fourth-order valence-electron chi connectivity index (χ4n) is 8.35. The van der Waals surface area contributed by atoms with Crippen LogP contribution in [0.3, 0.4) is 0 Å². The Hall–Kier alpha value is -1.13. The first-order valence-corrected chi connectivity index (χ1v) is 26.6. The van der Waals surface area contributed by atoms with E-state index >= 15 is 0 Å². The SMILES string of the molecule is CCCCCCCCCCCCCC/C=C\CCCCCCCCCCCCCCCCCC(=O)NC(CO)C(O)/C=C/CCCCCCCCCCCCCCC. The second kappa shape index (κ2) is 50.2. The lowest BCUT2D eigenvalue weighted by molar-refractivity contribution is -0.123. The smallest absolute Gasteiger partial charge is 0.220 e. The Morgan fingerprint density at radius 2 is 0.655 bits per heavy atom. The van der Waals surface area contributed by atoms with Crippen molar-refractivity contribution in [3.63, 3.8) is 0 Å². The molecule has 4 nitrogen and oxygen atoms in total. The monoisotopic (exact) mass is 816 g/mol. The van der Waals surface area contributed by atoms with Gasteiger partial charge in [-0.15, -0.1) is 0 Å². The third-order valence-electron chi connectivity index (χ3n) is 12.4. The van der Waals surface area contributed by atoms with Crippen LogP contribution in [0.4, 0.5) is 0 Å². The predicted molar refractivity (Wildman–Crippen MR) is 258 cm³/mol. The molecule has 0 rings (SSSR count). The molecule has 0 saturated heterocycles. The molecule has 2 unspecified atom stereocenters. The first kappa shape index (κ1) is 56.9. The van der Waals surface area contributed by atoms with Crippen molar-refractivity contribution >= 4 is 5.91 Å². The number of hydrogen-bond acceptors (Lipinski definition) is 3. The standard InChI is InChI=1S/C54H105NO3/c1-3-5-7-9-11-13-15-17-19-20-21-22-23-24-25-26-27-28-29-30-31-32-33-34-36-38-40-42-44-46-48-50-54(58)55-52(51-56)53(57)49-47-45-43-41-39-37-35-18-16-14-12-10-8-6-4-2/h24-25,47,49,52-53,56-57H,3-23,26-46,48,50-51H2,1-2H3,(H,55,58)/b25-24-,49-47+. The minimum atomic E-state index is -0.836. The van der Waals surface area contributed by atoms with E-state index in [0.29, 0.717) is 6.42 Å². The summed E-state index contributed by atoms with van der Waals surface area (Å²) in [5, 5.41) is 23.1. The molecular formula is C54H105NO3. The number of hydrogen-bond donors (Lipinski definition) is 3. The van der Waals surface area contributed by atoms with E-state index in [0.717, 1.165) is 25.7 Å². The number of amides is 1. The Bertz CT molecular complexity index is 840. The number of nitrogens with one attached hydrogen (secondary N) is 1. The van der Waals surface area contributed by atoms with Gasteiger partial charge in [0, 0.05) is 6.42 Å². The number of carbonyl (C=O) groups excluding carboxylic acids is 1. The molecule has 0 bridgehead atoms.